The zero-order chi connectivity index (χ0) is 15.8. The molecule has 1 heterocycles. The fraction of sp³-hybridized carbons (Fsp3) is 0.136. The third-order valence-electron chi connectivity index (χ3n) is 4.74. The maximum Gasteiger partial charge on any atom is 0.213 e. The summed E-state index contributed by atoms with van der Waals surface area (Å²) in [6.45, 7) is 2.23. The van der Waals surface area contributed by atoms with E-state index in [1.165, 1.54) is 38.5 Å². The Morgan fingerprint density at radius 3 is 1.83 bits per heavy atom. The van der Waals surface area contributed by atoms with E-state index in [-0.39, 0.29) is 0 Å². The lowest BCUT2D eigenvalue weighted by Crippen LogP contribution is -2.30. The third kappa shape index (κ3) is 2.12. The topological polar surface area (TPSA) is 3.88 Å². The van der Waals surface area contributed by atoms with Crippen LogP contribution in [0.1, 0.15) is 12.5 Å². The van der Waals surface area contributed by atoms with Gasteiger partial charge in [0.25, 0.3) is 0 Å². The smallest absolute Gasteiger partial charge is 0.194 e. The fourth-order valence-corrected chi connectivity index (χ4v) is 3.59. The summed E-state index contributed by atoms with van der Waals surface area (Å²) in [5.41, 5.74) is 6.64. The van der Waals surface area contributed by atoms with E-state index in [1.807, 2.05) is 0 Å². The first-order valence-corrected chi connectivity index (χ1v) is 8.19. The van der Waals surface area contributed by atoms with Gasteiger partial charge in [0.2, 0.25) is 11.0 Å². The van der Waals surface area contributed by atoms with E-state index in [9.17, 15) is 0 Å². The van der Waals surface area contributed by atoms with Crippen LogP contribution in [0.4, 0.5) is 0 Å². The second-order valence-electron chi connectivity index (χ2n) is 5.98. The van der Waals surface area contributed by atoms with Gasteiger partial charge >= 0.3 is 0 Å². The number of para-hydroxylation sites is 2. The number of nitrogens with zero attached hydrogens (tertiary/aromatic N) is 1. The SMILES string of the molecule is CCc1ccccc1-c1c2ccccc2[n+](C)c2ccccc12. The van der Waals surface area contributed by atoms with Crippen molar-refractivity contribution in [3.05, 3.63) is 78.4 Å². The molecule has 0 bridgehead atoms. The highest BCUT2D eigenvalue weighted by Crippen LogP contribution is 2.35. The molecule has 0 aliphatic rings. The lowest BCUT2D eigenvalue weighted by molar-refractivity contribution is -0.617. The Balaban J connectivity index is 2.26. The highest BCUT2D eigenvalue weighted by Gasteiger charge is 2.19. The van der Waals surface area contributed by atoms with Gasteiger partial charge in [-0.2, -0.15) is 4.57 Å². The molecule has 0 saturated carbocycles. The lowest BCUT2D eigenvalue weighted by atomic mass is 9.92. The van der Waals surface area contributed by atoms with Gasteiger partial charge in [0.15, 0.2) is 0 Å². The van der Waals surface area contributed by atoms with Crippen molar-refractivity contribution in [1.82, 2.24) is 0 Å². The number of rotatable bonds is 2. The molecule has 4 aromatic rings. The van der Waals surface area contributed by atoms with Gasteiger partial charge in [0.05, 0.1) is 10.8 Å². The largest absolute Gasteiger partial charge is 0.213 e. The van der Waals surface area contributed by atoms with Crippen molar-refractivity contribution in [2.45, 2.75) is 13.3 Å². The first-order valence-electron chi connectivity index (χ1n) is 8.19. The molecule has 23 heavy (non-hydrogen) atoms. The summed E-state index contributed by atoms with van der Waals surface area (Å²) in [5.74, 6) is 0. The van der Waals surface area contributed by atoms with E-state index >= 15 is 0 Å². The van der Waals surface area contributed by atoms with Gasteiger partial charge in [-0.05, 0) is 29.7 Å². The van der Waals surface area contributed by atoms with E-state index in [0.717, 1.165) is 6.42 Å². The molecule has 0 N–H and O–H groups in total. The molecule has 0 radical (unpaired) electrons. The molecule has 0 atom stereocenters. The monoisotopic (exact) mass is 298 g/mol. The van der Waals surface area contributed by atoms with Gasteiger partial charge in [-0.25, -0.2) is 0 Å². The second kappa shape index (κ2) is 5.51. The molecule has 0 unspecified atom stereocenters. The zero-order valence-corrected chi connectivity index (χ0v) is 13.6. The van der Waals surface area contributed by atoms with E-state index in [1.54, 1.807) is 0 Å². The molecule has 1 nitrogen and oxygen atoms in total. The van der Waals surface area contributed by atoms with Crippen LogP contribution in [0.3, 0.4) is 0 Å². The van der Waals surface area contributed by atoms with Gasteiger partial charge in [0.1, 0.15) is 7.05 Å². The first kappa shape index (κ1) is 14.0. The number of aromatic nitrogens is 1. The molecule has 0 spiro atoms. The van der Waals surface area contributed by atoms with Crippen LogP contribution in [0.25, 0.3) is 32.9 Å². The van der Waals surface area contributed by atoms with Crippen molar-refractivity contribution in [2.24, 2.45) is 7.05 Å². The third-order valence-corrected chi connectivity index (χ3v) is 4.74. The number of hydrogen-bond donors (Lipinski definition) is 0. The van der Waals surface area contributed by atoms with Crippen LogP contribution in [0.5, 0.6) is 0 Å². The molecule has 0 fully saturated rings. The second-order valence-corrected chi connectivity index (χ2v) is 5.98. The summed E-state index contributed by atoms with van der Waals surface area (Å²) in [6, 6.07) is 26.2. The minimum Gasteiger partial charge on any atom is -0.194 e. The van der Waals surface area contributed by atoms with Crippen molar-refractivity contribution in [1.29, 1.82) is 0 Å². The van der Waals surface area contributed by atoms with Crippen molar-refractivity contribution in [3.63, 3.8) is 0 Å². The molecular formula is C22H20N+. The van der Waals surface area contributed by atoms with Crippen LogP contribution >= 0.6 is 0 Å². The molecule has 0 aliphatic carbocycles. The molecule has 0 saturated heterocycles. The van der Waals surface area contributed by atoms with Crippen LogP contribution in [0.2, 0.25) is 0 Å². The Hall–Kier alpha value is -2.67. The summed E-state index contributed by atoms with van der Waals surface area (Å²) >= 11 is 0. The highest BCUT2D eigenvalue weighted by atomic mass is 14.9. The Bertz CT molecular complexity index is 958. The number of pyridine rings is 1. The summed E-state index contributed by atoms with van der Waals surface area (Å²) in [5, 5.41) is 2.63. The number of fused-ring (bicyclic) bond motifs is 2. The van der Waals surface area contributed by atoms with Gasteiger partial charge in [-0.1, -0.05) is 55.5 Å². The van der Waals surface area contributed by atoms with Gasteiger partial charge < -0.3 is 0 Å². The number of aryl methyl sites for hydroxylation is 2. The molecule has 112 valence electrons. The van der Waals surface area contributed by atoms with Crippen LogP contribution in [0.15, 0.2) is 72.8 Å². The lowest BCUT2D eigenvalue weighted by Gasteiger charge is -2.13. The maximum atomic E-state index is 2.29. The highest BCUT2D eigenvalue weighted by molar-refractivity contribution is 6.07. The summed E-state index contributed by atoms with van der Waals surface area (Å²) in [4.78, 5) is 0. The van der Waals surface area contributed by atoms with Gasteiger partial charge in [0, 0.05) is 17.7 Å². The Labute approximate surface area is 136 Å². The molecule has 0 amide bonds. The minimum atomic E-state index is 1.04. The van der Waals surface area contributed by atoms with E-state index < -0.39 is 0 Å². The zero-order valence-electron chi connectivity index (χ0n) is 13.6. The summed E-state index contributed by atoms with van der Waals surface area (Å²) in [7, 11) is 2.15. The number of hydrogen-bond acceptors (Lipinski definition) is 0. The van der Waals surface area contributed by atoms with Crippen LogP contribution < -0.4 is 4.57 Å². The van der Waals surface area contributed by atoms with Gasteiger partial charge in [-0.15, -0.1) is 0 Å². The molecule has 4 rings (SSSR count). The Kier molecular flexibility index (Phi) is 3.34. The molecule has 0 aliphatic heterocycles. The standard InChI is InChI=1S/C22H20N/c1-3-16-10-4-5-11-17(16)22-18-12-6-8-14-20(18)23(2)21-15-9-7-13-19(21)22/h4-15H,3H2,1-2H3/q+1. The van der Waals surface area contributed by atoms with Crippen molar-refractivity contribution >= 4 is 21.8 Å². The quantitative estimate of drug-likeness (QED) is 0.360. The fourth-order valence-electron chi connectivity index (χ4n) is 3.59. The average molecular weight is 298 g/mol. The van der Waals surface area contributed by atoms with Crippen LogP contribution in [-0.2, 0) is 13.5 Å². The Morgan fingerprint density at radius 1 is 0.696 bits per heavy atom. The van der Waals surface area contributed by atoms with E-state index in [2.05, 4.69) is 91.3 Å². The average Bonchev–Trinajstić information content (AvgIpc) is 2.62. The summed E-state index contributed by atoms with van der Waals surface area (Å²) < 4.78 is 2.29. The van der Waals surface area contributed by atoms with Crippen molar-refractivity contribution < 1.29 is 4.57 Å². The van der Waals surface area contributed by atoms with E-state index in [0.29, 0.717) is 0 Å². The molecule has 3 aromatic carbocycles. The molecule has 1 heteroatoms. The van der Waals surface area contributed by atoms with Crippen molar-refractivity contribution in [3.8, 4) is 11.1 Å². The Morgan fingerprint density at radius 2 is 1.22 bits per heavy atom. The first-order chi connectivity index (χ1) is 11.3. The van der Waals surface area contributed by atoms with Crippen LogP contribution in [0, 0.1) is 0 Å². The van der Waals surface area contributed by atoms with Crippen LogP contribution in [-0.4, -0.2) is 0 Å². The normalized spacial score (nSPS) is 11.2. The maximum absolute atomic E-state index is 2.29. The molecule has 1 aromatic heterocycles. The van der Waals surface area contributed by atoms with Gasteiger partial charge in [-0.3, -0.25) is 0 Å². The van der Waals surface area contributed by atoms with Crippen molar-refractivity contribution in [2.75, 3.05) is 0 Å². The predicted octanol–water partition coefficient (Wildman–Crippen LogP) is 5.05. The predicted molar refractivity (Wildman–Crippen MR) is 97.4 cm³/mol. The summed E-state index contributed by atoms with van der Waals surface area (Å²) in [6.07, 6.45) is 1.04. The minimum absolute atomic E-state index is 1.04. The molecular weight excluding hydrogens is 278 g/mol. The van der Waals surface area contributed by atoms with E-state index in [4.69, 9.17) is 0 Å². The number of benzene rings is 3.